The maximum Gasteiger partial charge on any atom is 0.343 e. The van der Waals surface area contributed by atoms with Gasteiger partial charge in [0.05, 0.1) is 11.1 Å². The molecule has 5 heteroatoms. The number of carbonyl (C=O) groups is 3. The molecule has 5 nitrogen and oxygen atoms in total. The van der Waals surface area contributed by atoms with E-state index in [4.69, 9.17) is 4.74 Å². The van der Waals surface area contributed by atoms with Crippen molar-refractivity contribution < 1.29 is 24.2 Å². The van der Waals surface area contributed by atoms with Gasteiger partial charge < -0.3 is 9.84 Å². The number of aliphatic hydroxyl groups is 1. The predicted octanol–water partition coefficient (Wildman–Crippen LogP) is 4.72. The fourth-order valence-electron chi connectivity index (χ4n) is 3.77. The molecule has 0 atom stereocenters. The van der Waals surface area contributed by atoms with Crippen LogP contribution in [-0.2, 0) is 20.7 Å². The van der Waals surface area contributed by atoms with Crippen LogP contribution >= 0.6 is 0 Å². The topological polar surface area (TPSA) is 80.7 Å². The quantitative estimate of drug-likeness (QED) is 0.587. The molecule has 2 rings (SSSR count). The van der Waals surface area contributed by atoms with Crippen molar-refractivity contribution in [2.24, 2.45) is 10.8 Å². The minimum Gasteiger partial charge on any atom is -0.504 e. The minimum atomic E-state index is -0.783. The summed E-state index contributed by atoms with van der Waals surface area (Å²) in [6, 6.07) is 6.89. The number of hydrogen-bond acceptors (Lipinski definition) is 5. The van der Waals surface area contributed by atoms with Crippen LogP contribution in [0.2, 0.25) is 0 Å². The van der Waals surface area contributed by atoms with Crippen molar-refractivity contribution in [1.29, 1.82) is 0 Å². The van der Waals surface area contributed by atoms with Crippen LogP contribution in [0.1, 0.15) is 63.9 Å². The maximum atomic E-state index is 12.7. The Morgan fingerprint density at radius 1 is 1.04 bits per heavy atom. The SMILES string of the molecule is CCc1ccc(C(=O)OC2=C(C(C)(C)CC(C)(C)C)C(=O)C(O)=CC2=O)cc1. The monoisotopic (exact) mass is 384 g/mol. The lowest BCUT2D eigenvalue weighted by atomic mass is 9.69. The van der Waals surface area contributed by atoms with E-state index in [1.54, 1.807) is 26.0 Å². The first-order chi connectivity index (χ1) is 12.9. The summed E-state index contributed by atoms with van der Waals surface area (Å²) in [5.74, 6) is -3.01. The molecule has 0 amide bonds. The molecule has 0 fully saturated rings. The zero-order chi connectivity index (χ0) is 21.3. The Labute approximate surface area is 166 Å². The fourth-order valence-corrected chi connectivity index (χ4v) is 3.77. The van der Waals surface area contributed by atoms with Crippen LogP contribution in [0.4, 0.5) is 0 Å². The van der Waals surface area contributed by atoms with Crippen molar-refractivity contribution >= 4 is 17.5 Å². The predicted molar refractivity (Wildman–Crippen MR) is 107 cm³/mol. The van der Waals surface area contributed by atoms with Crippen LogP contribution in [-0.4, -0.2) is 22.6 Å². The molecule has 1 aliphatic carbocycles. The van der Waals surface area contributed by atoms with Gasteiger partial charge in [0.2, 0.25) is 11.6 Å². The Hall–Kier alpha value is -2.69. The fraction of sp³-hybridized carbons (Fsp3) is 0.435. The normalized spacial score (nSPS) is 15.6. The number of aryl methyl sites for hydroxylation is 1. The van der Waals surface area contributed by atoms with Crippen LogP contribution in [0.15, 0.2) is 47.4 Å². The third-order valence-electron chi connectivity index (χ3n) is 4.62. The molecule has 28 heavy (non-hydrogen) atoms. The summed E-state index contributed by atoms with van der Waals surface area (Å²) in [5, 5.41) is 9.92. The number of ketones is 2. The average Bonchev–Trinajstić information content (AvgIpc) is 2.57. The number of hydrogen-bond donors (Lipinski definition) is 1. The smallest absolute Gasteiger partial charge is 0.343 e. The molecule has 0 aliphatic heterocycles. The molecule has 1 aromatic rings. The molecule has 0 spiro atoms. The summed E-state index contributed by atoms with van der Waals surface area (Å²) < 4.78 is 5.41. The Morgan fingerprint density at radius 3 is 2.11 bits per heavy atom. The molecule has 0 radical (unpaired) electrons. The summed E-state index contributed by atoms with van der Waals surface area (Å²) in [6.07, 6.45) is 2.19. The average molecular weight is 384 g/mol. The molecule has 1 aromatic carbocycles. The van der Waals surface area contributed by atoms with Gasteiger partial charge in [0, 0.05) is 6.08 Å². The number of Topliss-reactive ketones (excluding diaryl/α,β-unsaturated/α-hetero) is 1. The van der Waals surface area contributed by atoms with E-state index >= 15 is 0 Å². The Bertz CT molecular complexity index is 861. The van der Waals surface area contributed by atoms with Crippen molar-refractivity contribution in [3.05, 3.63) is 58.6 Å². The Balaban J connectivity index is 2.47. The first-order valence-electron chi connectivity index (χ1n) is 9.41. The minimum absolute atomic E-state index is 0.0333. The molecular weight excluding hydrogens is 356 g/mol. The molecule has 0 bridgehead atoms. The molecule has 1 aliphatic rings. The van der Waals surface area contributed by atoms with Crippen LogP contribution in [0.5, 0.6) is 0 Å². The third kappa shape index (κ3) is 4.77. The molecule has 0 unspecified atom stereocenters. The number of carbonyl (C=O) groups excluding carboxylic acids is 3. The lowest BCUT2D eigenvalue weighted by molar-refractivity contribution is -0.120. The van der Waals surface area contributed by atoms with Crippen molar-refractivity contribution in [2.45, 2.75) is 54.4 Å². The standard InChI is InChI=1S/C23H28O5/c1-7-14-8-10-15(11-9-14)21(27)28-20-17(25)12-16(24)19(26)18(20)23(5,6)13-22(2,3)4/h8-12,24H,7,13H2,1-6H3. The van der Waals surface area contributed by atoms with Gasteiger partial charge in [-0.1, -0.05) is 53.7 Å². The van der Waals surface area contributed by atoms with Gasteiger partial charge in [-0.15, -0.1) is 0 Å². The maximum absolute atomic E-state index is 12.7. The molecule has 150 valence electrons. The van der Waals surface area contributed by atoms with Gasteiger partial charge in [-0.2, -0.15) is 0 Å². The van der Waals surface area contributed by atoms with Crippen molar-refractivity contribution in [3.63, 3.8) is 0 Å². The summed E-state index contributed by atoms with van der Waals surface area (Å²) in [5.41, 5.74) is 0.457. The highest BCUT2D eigenvalue weighted by Crippen LogP contribution is 2.42. The van der Waals surface area contributed by atoms with Crippen LogP contribution < -0.4 is 0 Å². The summed E-state index contributed by atoms with van der Waals surface area (Å²) in [4.78, 5) is 37.8. The summed E-state index contributed by atoms with van der Waals surface area (Å²) >= 11 is 0. The first kappa shape index (κ1) is 21.6. The second-order valence-electron chi connectivity index (χ2n) is 8.99. The van der Waals surface area contributed by atoms with E-state index in [1.165, 1.54) is 0 Å². The van der Waals surface area contributed by atoms with E-state index in [9.17, 15) is 19.5 Å². The van der Waals surface area contributed by atoms with Crippen LogP contribution in [0, 0.1) is 10.8 Å². The van der Waals surface area contributed by atoms with Crippen LogP contribution in [0.25, 0.3) is 0 Å². The van der Waals surface area contributed by atoms with Gasteiger partial charge in [-0.05, 0) is 41.4 Å². The van der Waals surface area contributed by atoms with Crippen molar-refractivity contribution in [3.8, 4) is 0 Å². The number of benzene rings is 1. The van der Waals surface area contributed by atoms with Gasteiger partial charge in [-0.25, -0.2) is 4.79 Å². The number of esters is 1. The summed E-state index contributed by atoms with van der Waals surface area (Å²) in [6.45, 7) is 11.7. The van der Waals surface area contributed by atoms with Crippen molar-refractivity contribution in [2.75, 3.05) is 0 Å². The highest BCUT2D eigenvalue weighted by molar-refractivity contribution is 6.22. The molecule has 0 saturated heterocycles. The molecule has 0 aromatic heterocycles. The van der Waals surface area contributed by atoms with Gasteiger partial charge >= 0.3 is 5.97 Å². The Morgan fingerprint density at radius 2 is 1.61 bits per heavy atom. The first-order valence-corrected chi connectivity index (χ1v) is 9.41. The lowest BCUT2D eigenvalue weighted by Gasteiger charge is -2.35. The Kier molecular flexibility index (Phi) is 5.97. The largest absolute Gasteiger partial charge is 0.504 e. The van der Waals surface area contributed by atoms with Crippen LogP contribution in [0.3, 0.4) is 0 Å². The number of rotatable bonds is 5. The van der Waals surface area contributed by atoms with E-state index in [2.05, 4.69) is 0 Å². The lowest BCUT2D eigenvalue weighted by Crippen LogP contribution is -2.33. The van der Waals surface area contributed by atoms with Gasteiger partial charge in [-0.3, -0.25) is 9.59 Å². The van der Waals surface area contributed by atoms with Gasteiger partial charge in [0.1, 0.15) is 0 Å². The second kappa shape index (κ2) is 7.74. The van der Waals surface area contributed by atoms with E-state index in [0.29, 0.717) is 6.42 Å². The highest BCUT2D eigenvalue weighted by atomic mass is 16.5. The summed E-state index contributed by atoms with van der Waals surface area (Å²) in [7, 11) is 0. The highest BCUT2D eigenvalue weighted by Gasteiger charge is 2.42. The molecule has 1 N–H and O–H groups in total. The van der Waals surface area contributed by atoms with E-state index < -0.39 is 28.7 Å². The third-order valence-corrected chi connectivity index (χ3v) is 4.62. The van der Waals surface area contributed by atoms with E-state index in [0.717, 1.165) is 18.1 Å². The number of ether oxygens (including phenoxy) is 1. The zero-order valence-corrected chi connectivity index (χ0v) is 17.4. The molecule has 0 heterocycles. The zero-order valence-electron chi connectivity index (χ0n) is 17.4. The number of aliphatic hydroxyl groups excluding tert-OH is 1. The second-order valence-corrected chi connectivity index (χ2v) is 8.99. The van der Waals surface area contributed by atoms with E-state index in [1.807, 2.05) is 39.8 Å². The molecule has 0 saturated carbocycles. The van der Waals surface area contributed by atoms with Gasteiger partial charge in [0.25, 0.3) is 0 Å². The molecular formula is C23H28O5. The van der Waals surface area contributed by atoms with Gasteiger partial charge in [0.15, 0.2) is 11.5 Å². The van der Waals surface area contributed by atoms with Crippen molar-refractivity contribution in [1.82, 2.24) is 0 Å². The number of allylic oxidation sites excluding steroid dienone is 2. The van der Waals surface area contributed by atoms with E-state index in [-0.39, 0.29) is 22.3 Å².